The van der Waals surface area contributed by atoms with Crippen molar-refractivity contribution >= 4 is 0 Å². The average molecular weight is 164 g/mol. The predicted molar refractivity (Wildman–Crippen MR) is 49.7 cm³/mol. The molecule has 0 radical (unpaired) electrons. The molecular weight excluding hydrogens is 148 g/mol. The maximum Gasteiger partial charge on any atom is 0.0997 e. The van der Waals surface area contributed by atoms with Gasteiger partial charge in [-0.05, 0) is 31.8 Å². The summed E-state index contributed by atoms with van der Waals surface area (Å²) >= 11 is 0. The third-order valence-corrected chi connectivity index (χ3v) is 2.81. The highest BCUT2D eigenvalue weighted by Crippen LogP contribution is 2.33. The smallest absolute Gasteiger partial charge is 0.0997 e. The number of hydrogen-bond donors (Lipinski definition) is 0. The van der Waals surface area contributed by atoms with Crippen molar-refractivity contribution in [2.24, 2.45) is 5.92 Å². The Kier molecular flexibility index (Phi) is 2.20. The van der Waals surface area contributed by atoms with Crippen LogP contribution in [0, 0.1) is 5.92 Å². The van der Waals surface area contributed by atoms with Gasteiger partial charge in [-0.1, -0.05) is 19.1 Å². The first kappa shape index (κ1) is 7.90. The highest BCUT2D eigenvalue weighted by molar-refractivity contribution is 5.17. The van der Waals surface area contributed by atoms with E-state index >= 15 is 0 Å². The van der Waals surface area contributed by atoms with Crippen LogP contribution in [-0.2, 0) is 4.74 Å². The van der Waals surface area contributed by atoms with Crippen LogP contribution in [0.15, 0.2) is 24.0 Å². The molecule has 0 N–H and O–H groups in total. The fourth-order valence-corrected chi connectivity index (χ4v) is 1.98. The van der Waals surface area contributed by atoms with Gasteiger partial charge in [0.25, 0.3) is 0 Å². The number of fused-ring (bicyclic) bond motifs is 1. The molecule has 0 aromatic rings. The Morgan fingerprint density at radius 2 is 2.42 bits per heavy atom. The molecule has 1 heterocycles. The molecule has 2 rings (SSSR count). The third kappa shape index (κ3) is 1.40. The molecule has 0 aromatic heterocycles. The van der Waals surface area contributed by atoms with Crippen LogP contribution in [0.1, 0.15) is 32.6 Å². The molecule has 0 aromatic carbocycles. The second kappa shape index (κ2) is 3.34. The normalized spacial score (nSPS) is 33.6. The molecular formula is C11H16O. The Morgan fingerprint density at radius 1 is 1.50 bits per heavy atom. The van der Waals surface area contributed by atoms with Gasteiger partial charge >= 0.3 is 0 Å². The first-order valence-corrected chi connectivity index (χ1v) is 4.93. The van der Waals surface area contributed by atoms with Crippen LogP contribution in [0.3, 0.4) is 0 Å². The fourth-order valence-electron chi connectivity index (χ4n) is 1.98. The molecule has 1 aliphatic carbocycles. The topological polar surface area (TPSA) is 9.23 Å². The van der Waals surface area contributed by atoms with Crippen molar-refractivity contribution in [2.75, 3.05) is 0 Å². The van der Waals surface area contributed by atoms with E-state index in [1.54, 1.807) is 0 Å². The molecule has 0 bridgehead atoms. The van der Waals surface area contributed by atoms with Crippen molar-refractivity contribution in [3.63, 3.8) is 0 Å². The van der Waals surface area contributed by atoms with Gasteiger partial charge in [0.1, 0.15) is 0 Å². The molecule has 2 atom stereocenters. The summed E-state index contributed by atoms with van der Waals surface area (Å²) in [5.41, 5.74) is 0. The molecule has 12 heavy (non-hydrogen) atoms. The molecule has 1 nitrogen and oxygen atoms in total. The van der Waals surface area contributed by atoms with Gasteiger partial charge in [-0.3, -0.25) is 0 Å². The van der Waals surface area contributed by atoms with Gasteiger partial charge in [-0.15, -0.1) is 0 Å². The molecule has 1 aliphatic heterocycles. The fraction of sp³-hybridized carbons (Fsp3) is 0.636. The summed E-state index contributed by atoms with van der Waals surface area (Å²) in [6.07, 6.45) is 11.9. The van der Waals surface area contributed by atoms with Gasteiger partial charge in [0.05, 0.1) is 11.9 Å². The Bertz CT molecular complexity index is 215. The lowest BCUT2D eigenvalue weighted by Gasteiger charge is -2.32. The standard InChI is InChI=1S/C11H16O/c1-2-10-8-7-9-5-3-4-6-11(9)12-10/h3-4,6,9-10H,2,5,7-8H2,1H3. The van der Waals surface area contributed by atoms with Gasteiger partial charge in [0, 0.05) is 5.92 Å². The quantitative estimate of drug-likeness (QED) is 0.578. The Balaban J connectivity index is 2.06. The van der Waals surface area contributed by atoms with E-state index in [4.69, 9.17) is 4.74 Å². The van der Waals surface area contributed by atoms with E-state index in [-0.39, 0.29) is 0 Å². The Morgan fingerprint density at radius 3 is 3.25 bits per heavy atom. The minimum atomic E-state index is 0.485. The lowest BCUT2D eigenvalue weighted by Crippen LogP contribution is -2.24. The first-order chi connectivity index (χ1) is 5.90. The summed E-state index contributed by atoms with van der Waals surface area (Å²) in [4.78, 5) is 0. The molecule has 2 aliphatic rings. The predicted octanol–water partition coefficient (Wildman–Crippen LogP) is 3.04. The SMILES string of the molecule is CCC1CCC2CC=CC=C2O1. The van der Waals surface area contributed by atoms with Crippen molar-refractivity contribution in [3.05, 3.63) is 24.0 Å². The van der Waals surface area contributed by atoms with E-state index in [0.29, 0.717) is 12.0 Å². The monoisotopic (exact) mass is 164 g/mol. The summed E-state index contributed by atoms with van der Waals surface area (Å²) in [5.74, 6) is 1.92. The number of rotatable bonds is 1. The van der Waals surface area contributed by atoms with E-state index < -0.39 is 0 Å². The average Bonchev–Trinajstić information content (AvgIpc) is 2.17. The first-order valence-electron chi connectivity index (χ1n) is 4.93. The maximum atomic E-state index is 5.85. The van der Waals surface area contributed by atoms with Crippen LogP contribution in [0.2, 0.25) is 0 Å². The van der Waals surface area contributed by atoms with E-state index in [0.717, 1.165) is 6.42 Å². The summed E-state index contributed by atoms with van der Waals surface area (Å²) < 4.78 is 5.85. The lowest BCUT2D eigenvalue weighted by molar-refractivity contribution is 0.0433. The zero-order chi connectivity index (χ0) is 8.39. The Hall–Kier alpha value is -0.720. The second-order valence-corrected chi connectivity index (χ2v) is 3.66. The summed E-state index contributed by atoms with van der Waals surface area (Å²) in [7, 11) is 0. The van der Waals surface area contributed by atoms with Crippen molar-refractivity contribution in [1.29, 1.82) is 0 Å². The zero-order valence-corrected chi connectivity index (χ0v) is 7.62. The van der Waals surface area contributed by atoms with Crippen molar-refractivity contribution in [1.82, 2.24) is 0 Å². The van der Waals surface area contributed by atoms with Crippen molar-refractivity contribution < 1.29 is 4.74 Å². The van der Waals surface area contributed by atoms with Gasteiger partial charge < -0.3 is 4.74 Å². The minimum Gasteiger partial charge on any atom is -0.494 e. The van der Waals surface area contributed by atoms with Crippen LogP contribution < -0.4 is 0 Å². The maximum absolute atomic E-state index is 5.85. The van der Waals surface area contributed by atoms with E-state index in [1.165, 1.54) is 25.0 Å². The molecule has 1 fully saturated rings. The van der Waals surface area contributed by atoms with Crippen LogP contribution in [0.5, 0.6) is 0 Å². The summed E-state index contributed by atoms with van der Waals surface area (Å²) in [5, 5.41) is 0. The minimum absolute atomic E-state index is 0.485. The van der Waals surface area contributed by atoms with E-state index in [9.17, 15) is 0 Å². The van der Waals surface area contributed by atoms with Crippen LogP contribution in [0.4, 0.5) is 0 Å². The molecule has 0 saturated carbocycles. The molecule has 0 spiro atoms. The van der Waals surface area contributed by atoms with Gasteiger partial charge in [0.15, 0.2) is 0 Å². The summed E-state index contributed by atoms with van der Waals surface area (Å²) in [6.45, 7) is 2.20. The van der Waals surface area contributed by atoms with Crippen LogP contribution in [0.25, 0.3) is 0 Å². The highest BCUT2D eigenvalue weighted by atomic mass is 16.5. The summed E-state index contributed by atoms with van der Waals surface area (Å²) in [6, 6.07) is 0. The van der Waals surface area contributed by atoms with E-state index in [1.807, 2.05) is 0 Å². The molecule has 66 valence electrons. The molecule has 2 unspecified atom stereocenters. The van der Waals surface area contributed by atoms with Gasteiger partial charge in [-0.25, -0.2) is 0 Å². The number of allylic oxidation sites excluding steroid dienone is 4. The van der Waals surface area contributed by atoms with Crippen molar-refractivity contribution in [2.45, 2.75) is 38.7 Å². The number of hydrogen-bond acceptors (Lipinski definition) is 1. The van der Waals surface area contributed by atoms with Crippen molar-refractivity contribution in [3.8, 4) is 0 Å². The second-order valence-electron chi connectivity index (χ2n) is 3.66. The largest absolute Gasteiger partial charge is 0.494 e. The Labute approximate surface area is 74.1 Å². The molecule has 1 saturated heterocycles. The van der Waals surface area contributed by atoms with Crippen LogP contribution >= 0.6 is 0 Å². The lowest BCUT2D eigenvalue weighted by atomic mass is 9.89. The van der Waals surface area contributed by atoms with Gasteiger partial charge in [0.2, 0.25) is 0 Å². The zero-order valence-electron chi connectivity index (χ0n) is 7.62. The molecule has 1 heteroatoms. The van der Waals surface area contributed by atoms with Crippen LogP contribution in [-0.4, -0.2) is 6.10 Å². The number of ether oxygens (including phenoxy) is 1. The third-order valence-electron chi connectivity index (χ3n) is 2.81. The highest BCUT2D eigenvalue weighted by Gasteiger charge is 2.25. The van der Waals surface area contributed by atoms with Gasteiger partial charge in [-0.2, -0.15) is 0 Å². The molecule has 0 amide bonds. The van der Waals surface area contributed by atoms with E-state index in [2.05, 4.69) is 25.2 Å².